The lowest BCUT2D eigenvalue weighted by Crippen LogP contribution is -2.10. The van der Waals surface area contributed by atoms with Crippen LogP contribution in [0.3, 0.4) is 0 Å². The maximum Gasteiger partial charge on any atom is 0.341 e. The first-order valence-corrected chi connectivity index (χ1v) is 6.87. The fraction of sp³-hybridized carbons (Fsp3) is 0.176. The Labute approximate surface area is 127 Å². The van der Waals surface area contributed by atoms with E-state index in [1.807, 2.05) is 44.2 Å². The van der Waals surface area contributed by atoms with Gasteiger partial charge in [0.1, 0.15) is 11.4 Å². The Kier molecular flexibility index (Phi) is 3.55. The van der Waals surface area contributed by atoms with Gasteiger partial charge in [0.15, 0.2) is 12.2 Å². The van der Waals surface area contributed by atoms with Gasteiger partial charge in [-0.05, 0) is 49.2 Å². The molecule has 0 spiro atoms. The SMILES string of the molecule is Cc1c(OCC(=O)O)ccc(-c2noc3ccccc23)c1C. The van der Waals surface area contributed by atoms with Crippen LogP contribution in [0.1, 0.15) is 11.1 Å². The molecule has 3 aromatic rings. The van der Waals surface area contributed by atoms with Crippen LogP contribution in [0.15, 0.2) is 40.9 Å². The monoisotopic (exact) mass is 297 g/mol. The molecule has 5 nitrogen and oxygen atoms in total. The van der Waals surface area contributed by atoms with E-state index >= 15 is 0 Å². The predicted octanol–water partition coefficient (Wildman–Crippen LogP) is 3.58. The Morgan fingerprint density at radius 1 is 1.18 bits per heavy atom. The van der Waals surface area contributed by atoms with E-state index in [1.165, 1.54) is 0 Å². The Morgan fingerprint density at radius 3 is 2.73 bits per heavy atom. The number of nitrogens with zero attached hydrogens (tertiary/aromatic N) is 1. The van der Waals surface area contributed by atoms with Gasteiger partial charge in [0.25, 0.3) is 0 Å². The number of hydrogen-bond acceptors (Lipinski definition) is 4. The molecule has 1 aromatic heterocycles. The molecule has 0 aliphatic heterocycles. The van der Waals surface area contributed by atoms with Gasteiger partial charge >= 0.3 is 5.97 Å². The highest BCUT2D eigenvalue weighted by Gasteiger charge is 2.15. The second kappa shape index (κ2) is 5.52. The fourth-order valence-corrected chi connectivity index (χ4v) is 2.43. The average molecular weight is 297 g/mol. The molecule has 0 radical (unpaired) electrons. The van der Waals surface area contributed by atoms with Gasteiger partial charge in [-0.15, -0.1) is 0 Å². The summed E-state index contributed by atoms with van der Waals surface area (Å²) in [5, 5.41) is 13.8. The van der Waals surface area contributed by atoms with Crippen LogP contribution in [0.25, 0.3) is 22.2 Å². The molecule has 5 heteroatoms. The summed E-state index contributed by atoms with van der Waals surface area (Å²) in [6.45, 7) is 3.51. The molecule has 0 bridgehead atoms. The van der Waals surface area contributed by atoms with E-state index in [-0.39, 0.29) is 6.61 Å². The van der Waals surface area contributed by atoms with Crippen molar-refractivity contribution < 1.29 is 19.2 Å². The number of hydrogen-bond donors (Lipinski definition) is 1. The van der Waals surface area contributed by atoms with Crippen molar-refractivity contribution in [2.75, 3.05) is 6.61 Å². The molecule has 0 aliphatic carbocycles. The molecule has 0 saturated carbocycles. The molecule has 2 aromatic carbocycles. The second-order valence-corrected chi connectivity index (χ2v) is 5.07. The van der Waals surface area contributed by atoms with Crippen LogP contribution in [0, 0.1) is 13.8 Å². The van der Waals surface area contributed by atoms with Crippen LogP contribution in [0.2, 0.25) is 0 Å². The number of aromatic nitrogens is 1. The maximum absolute atomic E-state index is 10.6. The van der Waals surface area contributed by atoms with E-state index in [4.69, 9.17) is 14.4 Å². The molecule has 1 heterocycles. The molecular weight excluding hydrogens is 282 g/mol. The molecule has 112 valence electrons. The maximum atomic E-state index is 10.6. The summed E-state index contributed by atoms with van der Waals surface area (Å²) in [5.74, 6) is -0.430. The minimum atomic E-state index is -0.997. The Hall–Kier alpha value is -2.82. The number of carboxylic acid groups (broad SMARTS) is 1. The van der Waals surface area contributed by atoms with Crippen LogP contribution < -0.4 is 4.74 Å². The van der Waals surface area contributed by atoms with Crippen molar-refractivity contribution in [3.63, 3.8) is 0 Å². The number of carbonyl (C=O) groups is 1. The van der Waals surface area contributed by atoms with Crippen LogP contribution in [-0.4, -0.2) is 22.8 Å². The average Bonchev–Trinajstić information content (AvgIpc) is 2.92. The quantitative estimate of drug-likeness (QED) is 0.797. The van der Waals surface area contributed by atoms with Crippen LogP contribution >= 0.6 is 0 Å². The molecule has 3 rings (SSSR count). The number of benzene rings is 2. The van der Waals surface area contributed by atoms with Gasteiger partial charge in [0, 0.05) is 10.9 Å². The summed E-state index contributed by atoms with van der Waals surface area (Å²) in [4.78, 5) is 10.6. The van der Waals surface area contributed by atoms with E-state index in [0.29, 0.717) is 5.75 Å². The lowest BCUT2D eigenvalue weighted by molar-refractivity contribution is -0.139. The van der Waals surface area contributed by atoms with Crippen molar-refractivity contribution in [2.45, 2.75) is 13.8 Å². The summed E-state index contributed by atoms with van der Waals surface area (Å²) >= 11 is 0. The number of fused-ring (bicyclic) bond motifs is 1. The minimum absolute atomic E-state index is 0.355. The number of para-hydroxylation sites is 1. The molecule has 1 N–H and O–H groups in total. The topological polar surface area (TPSA) is 72.6 Å². The zero-order valence-corrected chi connectivity index (χ0v) is 12.3. The minimum Gasteiger partial charge on any atom is -0.482 e. The third-order valence-electron chi connectivity index (χ3n) is 3.72. The van der Waals surface area contributed by atoms with Crippen LogP contribution in [0.5, 0.6) is 5.75 Å². The smallest absolute Gasteiger partial charge is 0.341 e. The van der Waals surface area contributed by atoms with E-state index in [9.17, 15) is 4.79 Å². The zero-order valence-electron chi connectivity index (χ0n) is 12.3. The number of ether oxygens (including phenoxy) is 1. The third-order valence-corrected chi connectivity index (χ3v) is 3.72. The molecule has 0 amide bonds. The summed E-state index contributed by atoms with van der Waals surface area (Å²) in [5.41, 5.74) is 4.35. The first-order valence-electron chi connectivity index (χ1n) is 6.87. The summed E-state index contributed by atoms with van der Waals surface area (Å²) < 4.78 is 10.6. The summed E-state index contributed by atoms with van der Waals surface area (Å²) in [7, 11) is 0. The van der Waals surface area contributed by atoms with E-state index in [1.54, 1.807) is 6.07 Å². The first-order chi connectivity index (χ1) is 10.6. The lowest BCUT2D eigenvalue weighted by Gasteiger charge is -2.12. The van der Waals surface area contributed by atoms with E-state index in [0.717, 1.165) is 33.4 Å². The molecule has 0 saturated heterocycles. The van der Waals surface area contributed by atoms with Gasteiger partial charge in [0.2, 0.25) is 0 Å². The number of rotatable bonds is 4. The number of carboxylic acids is 1. The standard InChI is InChI=1S/C17H15NO4/c1-10-11(2)14(21-9-16(19)20)8-7-12(10)17-13-5-3-4-6-15(13)22-18-17/h3-8H,9H2,1-2H3,(H,19,20). The fourth-order valence-electron chi connectivity index (χ4n) is 2.43. The highest BCUT2D eigenvalue weighted by molar-refractivity contribution is 5.92. The highest BCUT2D eigenvalue weighted by atomic mass is 16.5. The van der Waals surface area contributed by atoms with Gasteiger partial charge in [0.05, 0.1) is 0 Å². The normalized spacial score (nSPS) is 10.8. The van der Waals surface area contributed by atoms with Crippen molar-refractivity contribution in [1.29, 1.82) is 0 Å². The highest BCUT2D eigenvalue weighted by Crippen LogP contribution is 2.34. The molecule has 0 aliphatic rings. The Morgan fingerprint density at radius 2 is 1.95 bits per heavy atom. The van der Waals surface area contributed by atoms with Gasteiger partial charge in [-0.3, -0.25) is 0 Å². The number of aliphatic carboxylic acids is 1. The zero-order chi connectivity index (χ0) is 15.7. The van der Waals surface area contributed by atoms with Gasteiger partial charge < -0.3 is 14.4 Å². The van der Waals surface area contributed by atoms with Crippen molar-refractivity contribution in [1.82, 2.24) is 5.16 Å². The second-order valence-electron chi connectivity index (χ2n) is 5.07. The molecule has 0 fully saturated rings. The lowest BCUT2D eigenvalue weighted by atomic mass is 9.98. The molecule has 22 heavy (non-hydrogen) atoms. The first kappa shape index (κ1) is 14.1. The Balaban J connectivity index is 2.05. The van der Waals surface area contributed by atoms with Gasteiger partial charge in [-0.25, -0.2) is 4.79 Å². The summed E-state index contributed by atoms with van der Waals surface area (Å²) in [6, 6.07) is 11.3. The van der Waals surface area contributed by atoms with Gasteiger partial charge in [-0.1, -0.05) is 17.3 Å². The van der Waals surface area contributed by atoms with Crippen molar-refractivity contribution in [3.05, 3.63) is 47.5 Å². The van der Waals surface area contributed by atoms with Crippen LogP contribution in [0.4, 0.5) is 0 Å². The molecular formula is C17H15NO4. The third kappa shape index (κ3) is 2.41. The van der Waals surface area contributed by atoms with Crippen molar-refractivity contribution in [2.24, 2.45) is 0 Å². The summed E-state index contributed by atoms with van der Waals surface area (Å²) in [6.07, 6.45) is 0. The van der Waals surface area contributed by atoms with Crippen molar-refractivity contribution >= 4 is 16.9 Å². The molecule has 0 unspecified atom stereocenters. The van der Waals surface area contributed by atoms with Crippen molar-refractivity contribution in [3.8, 4) is 17.0 Å². The van der Waals surface area contributed by atoms with E-state index in [2.05, 4.69) is 5.16 Å². The molecule has 0 atom stereocenters. The van der Waals surface area contributed by atoms with Gasteiger partial charge in [-0.2, -0.15) is 0 Å². The van der Waals surface area contributed by atoms with E-state index < -0.39 is 5.97 Å². The Bertz CT molecular complexity index is 851. The van der Waals surface area contributed by atoms with Crippen LogP contribution in [-0.2, 0) is 4.79 Å². The predicted molar refractivity (Wildman–Crippen MR) is 82.0 cm³/mol. The largest absolute Gasteiger partial charge is 0.482 e.